The van der Waals surface area contributed by atoms with Crippen LogP contribution >= 0.6 is 0 Å². The van der Waals surface area contributed by atoms with Crippen molar-refractivity contribution in [1.82, 2.24) is 19.8 Å². The summed E-state index contributed by atoms with van der Waals surface area (Å²) in [6, 6.07) is 9.39. The number of ether oxygens (including phenoxy) is 1. The molecule has 4 aliphatic rings. The van der Waals surface area contributed by atoms with E-state index in [1.165, 1.54) is 42.2 Å². The fraction of sp³-hybridized carbons (Fsp3) is 0.533. The Bertz CT molecular complexity index is 1250. The Hall–Kier alpha value is -3.46. The molecule has 1 N–H and O–H groups in total. The van der Waals surface area contributed by atoms with Crippen LogP contribution in [0.15, 0.2) is 43.1 Å². The number of cyclic esters (lactones) is 1. The maximum absolute atomic E-state index is 12.1. The van der Waals surface area contributed by atoms with Gasteiger partial charge in [0.15, 0.2) is 0 Å². The molecule has 1 aliphatic carbocycles. The fourth-order valence-electron chi connectivity index (χ4n) is 6.49. The van der Waals surface area contributed by atoms with Crippen LogP contribution in [0, 0.1) is 11.3 Å². The lowest BCUT2D eigenvalue weighted by Crippen LogP contribution is -2.73. The van der Waals surface area contributed by atoms with Crippen molar-refractivity contribution in [2.24, 2.45) is 11.3 Å². The highest BCUT2D eigenvalue weighted by atomic mass is 16.6. The fourth-order valence-corrected chi connectivity index (χ4v) is 6.49. The molecular weight excluding hydrogens is 492 g/mol. The summed E-state index contributed by atoms with van der Waals surface area (Å²) < 4.78 is 5.20. The molecule has 9 heteroatoms. The van der Waals surface area contributed by atoms with Crippen LogP contribution in [0.5, 0.6) is 0 Å². The van der Waals surface area contributed by atoms with E-state index in [1.54, 1.807) is 6.20 Å². The molecule has 1 aromatic carbocycles. The van der Waals surface area contributed by atoms with Gasteiger partial charge in [-0.3, -0.25) is 14.6 Å². The molecule has 4 heterocycles. The van der Waals surface area contributed by atoms with Gasteiger partial charge in [0.2, 0.25) is 11.9 Å². The van der Waals surface area contributed by atoms with E-state index in [9.17, 15) is 9.59 Å². The number of likely N-dealkylation sites (tertiary alicyclic amines) is 2. The number of benzene rings is 1. The molecular formula is C30H38N6O3. The van der Waals surface area contributed by atoms with Gasteiger partial charge in [-0.2, -0.15) is 4.98 Å². The summed E-state index contributed by atoms with van der Waals surface area (Å²) in [5.41, 5.74) is 3.61. The molecule has 2 aromatic rings. The van der Waals surface area contributed by atoms with Crippen molar-refractivity contribution in [2.45, 2.75) is 58.2 Å². The van der Waals surface area contributed by atoms with Gasteiger partial charge in [0, 0.05) is 50.4 Å². The zero-order valence-corrected chi connectivity index (χ0v) is 22.9. The van der Waals surface area contributed by atoms with Gasteiger partial charge in [0.1, 0.15) is 12.4 Å². The average Bonchev–Trinajstić information content (AvgIpc) is 2.87. The van der Waals surface area contributed by atoms with E-state index in [2.05, 4.69) is 58.0 Å². The maximum atomic E-state index is 12.1. The molecule has 2 unspecified atom stereocenters. The standard InChI is InChI=1S/C30H38N6O3/c1-4-26(37)35-18-30(19-35)16-34(17-30)25(13-21-7-6-8-21)23-11-9-22(10-12-23)20(3)32-28-31-14-24-15-39-29(38)36(5-2)27(24)33-28/h4,9-12,14,20-21,25H,1,5-8,13,15-19H2,2-3H3,(H,31,32,33). The summed E-state index contributed by atoms with van der Waals surface area (Å²) in [4.78, 5) is 39.2. The van der Waals surface area contributed by atoms with Crippen molar-refractivity contribution in [3.05, 3.63) is 59.8 Å². The van der Waals surface area contributed by atoms with Gasteiger partial charge in [-0.1, -0.05) is 50.1 Å². The first-order valence-corrected chi connectivity index (χ1v) is 14.2. The summed E-state index contributed by atoms with van der Waals surface area (Å²) in [7, 11) is 0. The number of aromatic nitrogens is 2. The van der Waals surface area contributed by atoms with Crippen molar-refractivity contribution >= 4 is 23.8 Å². The van der Waals surface area contributed by atoms with E-state index in [0.717, 1.165) is 43.2 Å². The third-order valence-electron chi connectivity index (χ3n) is 8.99. The predicted octanol–water partition coefficient (Wildman–Crippen LogP) is 4.69. The SMILES string of the molecule is C=CC(=O)N1CC2(C1)CN(C(CC1CCC1)c1ccc(C(C)Nc3ncc4c(n3)N(CC)C(=O)OC4)cc1)C2. The van der Waals surface area contributed by atoms with Crippen molar-refractivity contribution < 1.29 is 14.3 Å². The molecule has 0 radical (unpaired) electrons. The molecule has 6 rings (SSSR count). The molecule has 0 bridgehead atoms. The quantitative estimate of drug-likeness (QED) is 0.471. The van der Waals surface area contributed by atoms with Crippen LogP contribution < -0.4 is 10.2 Å². The highest BCUT2D eigenvalue weighted by Crippen LogP contribution is 2.47. The molecule has 1 saturated carbocycles. The van der Waals surface area contributed by atoms with Crippen LogP contribution in [0.2, 0.25) is 0 Å². The summed E-state index contributed by atoms with van der Waals surface area (Å²) in [5.74, 6) is 1.97. The summed E-state index contributed by atoms with van der Waals surface area (Å²) >= 11 is 0. The molecule has 2 atom stereocenters. The van der Waals surface area contributed by atoms with Gasteiger partial charge in [-0.15, -0.1) is 0 Å². The minimum absolute atomic E-state index is 0.00318. The number of hydrogen-bond acceptors (Lipinski definition) is 7. The van der Waals surface area contributed by atoms with Gasteiger partial charge in [-0.25, -0.2) is 9.78 Å². The van der Waals surface area contributed by atoms with Gasteiger partial charge in [0.05, 0.1) is 11.6 Å². The number of fused-ring (bicyclic) bond motifs is 1. The summed E-state index contributed by atoms with van der Waals surface area (Å²) in [5, 5.41) is 3.41. The summed E-state index contributed by atoms with van der Waals surface area (Å²) in [6.45, 7) is 12.1. The van der Waals surface area contributed by atoms with E-state index in [4.69, 9.17) is 4.74 Å². The Balaban J connectivity index is 1.12. The monoisotopic (exact) mass is 530 g/mol. The van der Waals surface area contributed by atoms with Crippen molar-refractivity contribution in [3.63, 3.8) is 0 Å². The minimum atomic E-state index is -0.372. The Morgan fingerprint density at radius 2 is 1.92 bits per heavy atom. The lowest BCUT2D eigenvalue weighted by atomic mass is 9.70. The van der Waals surface area contributed by atoms with E-state index in [-0.39, 0.29) is 30.1 Å². The topological polar surface area (TPSA) is 90.9 Å². The molecule has 9 nitrogen and oxygen atoms in total. The molecule has 2 saturated heterocycles. The number of carbonyl (C=O) groups is 2. The number of amides is 2. The zero-order chi connectivity index (χ0) is 27.1. The van der Waals surface area contributed by atoms with Crippen LogP contribution in [0.25, 0.3) is 0 Å². The number of carbonyl (C=O) groups excluding carboxylic acids is 2. The maximum Gasteiger partial charge on any atom is 0.415 e. The molecule has 1 aromatic heterocycles. The van der Waals surface area contributed by atoms with Gasteiger partial charge < -0.3 is 15.0 Å². The Kier molecular flexibility index (Phi) is 6.79. The van der Waals surface area contributed by atoms with Crippen molar-refractivity contribution in [2.75, 3.05) is 42.9 Å². The third kappa shape index (κ3) is 4.88. The molecule has 39 heavy (non-hydrogen) atoms. The highest BCUT2D eigenvalue weighted by molar-refractivity contribution is 5.89. The first-order valence-electron chi connectivity index (χ1n) is 14.2. The van der Waals surface area contributed by atoms with Crippen LogP contribution in [-0.4, -0.2) is 64.5 Å². The first kappa shape index (κ1) is 25.8. The van der Waals surface area contributed by atoms with Crippen LogP contribution in [0.3, 0.4) is 0 Å². The smallest absolute Gasteiger partial charge is 0.415 e. The van der Waals surface area contributed by atoms with Gasteiger partial charge >= 0.3 is 6.09 Å². The molecule has 206 valence electrons. The number of nitrogens with zero attached hydrogens (tertiary/aromatic N) is 5. The number of hydrogen-bond donors (Lipinski definition) is 1. The van der Waals surface area contributed by atoms with Crippen LogP contribution in [-0.2, 0) is 16.1 Å². The predicted molar refractivity (Wildman–Crippen MR) is 149 cm³/mol. The molecule has 2 amide bonds. The van der Waals surface area contributed by atoms with Crippen molar-refractivity contribution in [1.29, 1.82) is 0 Å². The third-order valence-corrected chi connectivity index (χ3v) is 8.99. The largest absolute Gasteiger partial charge is 0.444 e. The number of anilines is 2. The minimum Gasteiger partial charge on any atom is -0.444 e. The second-order valence-electron chi connectivity index (χ2n) is 11.7. The molecule has 1 spiro atoms. The summed E-state index contributed by atoms with van der Waals surface area (Å²) in [6.07, 6.45) is 8.02. The van der Waals surface area contributed by atoms with E-state index in [0.29, 0.717) is 24.4 Å². The zero-order valence-electron chi connectivity index (χ0n) is 22.9. The lowest BCUT2D eigenvalue weighted by Gasteiger charge is -2.62. The number of rotatable bonds is 9. The normalized spacial score (nSPS) is 21.6. The lowest BCUT2D eigenvalue weighted by molar-refractivity contribution is -0.160. The Morgan fingerprint density at radius 1 is 1.21 bits per heavy atom. The first-order chi connectivity index (χ1) is 18.9. The van der Waals surface area contributed by atoms with Crippen molar-refractivity contribution in [3.8, 4) is 0 Å². The Morgan fingerprint density at radius 3 is 2.56 bits per heavy atom. The van der Waals surface area contributed by atoms with Gasteiger partial charge in [0.25, 0.3) is 0 Å². The van der Waals surface area contributed by atoms with Crippen LogP contribution in [0.1, 0.15) is 68.3 Å². The second-order valence-corrected chi connectivity index (χ2v) is 11.7. The number of nitrogens with one attached hydrogen (secondary N) is 1. The van der Waals surface area contributed by atoms with Gasteiger partial charge in [-0.05, 0) is 43.4 Å². The van der Waals surface area contributed by atoms with Crippen LogP contribution in [0.4, 0.5) is 16.6 Å². The van der Waals surface area contributed by atoms with E-state index in [1.807, 2.05) is 11.8 Å². The Labute approximate surface area is 230 Å². The second kappa shape index (κ2) is 10.3. The van der Waals surface area contributed by atoms with E-state index >= 15 is 0 Å². The molecule has 3 aliphatic heterocycles. The average molecular weight is 531 g/mol. The highest BCUT2D eigenvalue weighted by Gasteiger charge is 2.54. The molecule has 3 fully saturated rings. The van der Waals surface area contributed by atoms with E-state index < -0.39 is 0 Å².